The molecule has 1 amide bonds. The van der Waals surface area contributed by atoms with Gasteiger partial charge in [0.15, 0.2) is 0 Å². The van der Waals surface area contributed by atoms with Crippen LogP contribution in [-0.2, 0) is 14.3 Å². The largest absolute Gasteiger partial charge is 0.465 e. The molecule has 0 spiro atoms. The van der Waals surface area contributed by atoms with Gasteiger partial charge in [-0.25, -0.2) is 4.79 Å². The first-order valence-electron chi connectivity index (χ1n) is 6.70. The third-order valence-electron chi connectivity index (χ3n) is 2.84. The number of carbonyl (C=O) groups is 2. The van der Waals surface area contributed by atoms with Gasteiger partial charge in [-0.3, -0.25) is 4.79 Å². The summed E-state index contributed by atoms with van der Waals surface area (Å²) >= 11 is 0. The molecule has 22 heavy (non-hydrogen) atoms. The molecule has 0 saturated carbocycles. The Kier molecular flexibility index (Phi) is 7.37. The van der Waals surface area contributed by atoms with E-state index in [1.165, 1.54) is 13.2 Å². The normalized spacial score (nSPS) is 10.7. The number of nitrogens with one attached hydrogen (secondary N) is 1. The first kappa shape index (κ1) is 17.4. The van der Waals surface area contributed by atoms with Gasteiger partial charge in [0.05, 0.1) is 12.7 Å². The average molecular weight is 302 g/mol. The predicted molar refractivity (Wildman–Crippen MR) is 80.9 cm³/mol. The Balaban J connectivity index is 2.91. The minimum atomic E-state index is -0.523. The summed E-state index contributed by atoms with van der Waals surface area (Å²) in [6, 6.07) is 8.45. The zero-order chi connectivity index (χ0) is 16.4. The van der Waals surface area contributed by atoms with Crippen molar-refractivity contribution in [2.24, 2.45) is 0 Å². The minimum absolute atomic E-state index is 0.0752. The van der Waals surface area contributed by atoms with Gasteiger partial charge in [0.2, 0.25) is 0 Å². The predicted octanol–water partition coefficient (Wildman–Crippen LogP) is 1.53. The van der Waals surface area contributed by atoms with Crippen LogP contribution >= 0.6 is 0 Å². The molecule has 0 radical (unpaired) electrons. The van der Waals surface area contributed by atoms with Crippen LogP contribution in [0.25, 0.3) is 6.08 Å². The lowest BCUT2D eigenvalue weighted by Gasteiger charge is -2.06. The third-order valence-corrected chi connectivity index (χ3v) is 2.84. The van der Waals surface area contributed by atoms with Crippen molar-refractivity contribution in [1.29, 1.82) is 5.26 Å². The van der Waals surface area contributed by atoms with E-state index in [1.807, 2.05) is 6.07 Å². The highest BCUT2D eigenvalue weighted by molar-refractivity contribution is 6.03. The van der Waals surface area contributed by atoms with Gasteiger partial charge >= 0.3 is 5.97 Å². The van der Waals surface area contributed by atoms with E-state index in [0.29, 0.717) is 30.7 Å². The van der Waals surface area contributed by atoms with Crippen LogP contribution < -0.4 is 5.32 Å². The molecule has 0 saturated heterocycles. The average Bonchev–Trinajstić information content (AvgIpc) is 2.56. The molecule has 0 atom stereocenters. The molecule has 1 N–H and O–H groups in total. The summed E-state index contributed by atoms with van der Waals surface area (Å²) in [5.41, 5.74) is 0.677. The van der Waals surface area contributed by atoms with E-state index in [2.05, 4.69) is 10.1 Å². The Labute approximate surface area is 129 Å². The molecule has 1 rings (SSSR count). The first-order valence-corrected chi connectivity index (χ1v) is 6.70. The number of ether oxygens (including phenoxy) is 2. The molecule has 1 aromatic carbocycles. The third kappa shape index (κ3) is 5.04. The van der Waals surface area contributed by atoms with Crippen LogP contribution in [0, 0.1) is 11.3 Å². The van der Waals surface area contributed by atoms with Crippen LogP contribution in [0.1, 0.15) is 22.3 Å². The topological polar surface area (TPSA) is 88.4 Å². The van der Waals surface area contributed by atoms with Crippen LogP contribution in [0.5, 0.6) is 0 Å². The van der Waals surface area contributed by atoms with Crippen molar-refractivity contribution in [1.82, 2.24) is 5.32 Å². The summed E-state index contributed by atoms with van der Waals surface area (Å²) in [5, 5.41) is 11.8. The van der Waals surface area contributed by atoms with Gasteiger partial charge < -0.3 is 14.8 Å². The molecule has 0 unspecified atom stereocenters. The Hall–Kier alpha value is -2.65. The molecule has 0 aromatic heterocycles. The van der Waals surface area contributed by atoms with E-state index in [1.54, 1.807) is 31.4 Å². The van der Waals surface area contributed by atoms with E-state index in [9.17, 15) is 9.59 Å². The summed E-state index contributed by atoms with van der Waals surface area (Å²) in [7, 11) is 2.85. The second-order valence-electron chi connectivity index (χ2n) is 4.35. The fourth-order valence-corrected chi connectivity index (χ4v) is 1.74. The van der Waals surface area contributed by atoms with Crippen molar-refractivity contribution in [3.05, 3.63) is 41.0 Å². The number of nitriles is 1. The number of rotatable bonds is 7. The second-order valence-corrected chi connectivity index (χ2v) is 4.35. The van der Waals surface area contributed by atoms with Gasteiger partial charge in [0.1, 0.15) is 11.6 Å². The standard InChI is InChI=1S/C16H18N2O4/c1-21-9-5-8-18-15(19)13(11-17)10-12-6-3-4-7-14(12)16(20)22-2/h3-4,6-7,10H,5,8-9H2,1-2H3,(H,18,19)/b13-10+. The maximum atomic E-state index is 11.9. The molecule has 6 heteroatoms. The molecular formula is C16H18N2O4. The molecule has 1 aromatic rings. The lowest BCUT2D eigenvalue weighted by atomic mass is 10.0. The van der Waals surface area contributed by atoms with Gasteiger partial charge in [-0.15, -0.1) is 0 Å². The number of carbonyl (C=O) groups excluding carboxylic acids is 2. The Morgan fingerprint density at radius 1 is 1.32 bits per heavy atom. The Morgan fingerprint density at radius 3 is 2.68 bits per heavy atom. The lowest BCUT2D eigenvalue weighted by molar-refractivity contribution is -0.117. The summed E-state index contributed by atoms with van der Waals surface area (Å²) in [4.78, 5) is 23.6. The quantitative estimate of drug-likeness (QED) is 0.357. The minimum Gasteiger partial charge on any atom is -0.465 e. The van der Waals surface area contributed by atoms with Gasteiger partial charge in [-0.1, -0.05) is 18.2 Å². The number of hydrogen-bond donors (Lipinski definition) is 1. The monoisotopic (exact) mass is 302 g/mol. The van der Waals surface area contributed by atoms with Gasteiger partial charge in [-0.2, -0.15) is 5.26 Å². The van der Waals surface area contributed by atoms with Crippen LogP contribution in [0.2, 0.25) is 0 Å². The highest BCUT2D eigenvalue weighted by atomic mass is 16.5. The maximum Gasteiger partial charge on any atom is 0.338 e. The van der Waals surface area contributed by atoms with E-state index in [-0.39, 0.29) is 5.57 Å². The van der Waals surface area contributed by atoms with Crippen LogP contribution in [0.3, 0.4) is 0 Å². The second kappa shape index (κ2) is 9.32. The molecule has 6 nitrogen and oxygen atoms in total. The summed E-state index contributed by atoms with van der Waals surface area (Å²) in [6.07, 6.45) is 2.03. The SMILES string of the molecule is COCCCNC(=O)/C(C#N)=C/c1ccccc1C(=O)OC. The number of hydrogen-bond acceptors (Lipinski definition) is 5. The van der Waals surface area contributed by atoms with Gasteiger partial charge in [0, 0.05) is 20.3 Å². The number of nitrogens with zero attached hydrogens (tertiary/aromatic N) is 1. The molecule has 0 bridgehead atoms. The molecule has 0 aliphatic heterocycles. The van der Waals surface area contributed by atoms with Crippen LogP contribution in [-0.4, -0.2) is 39.2 Å². The van der Waals surface area contributed by atoms with E-state index in [4.69, 9.17) is 10.00 Å². The zero-order valence-electron chi connectivity index (χ0n) is 12.6. The van der Waals surface area contributed by atoms with Crippen molar-refractivity contribution in [2.45, 2.75) is 6.42 Å². The molecule has 116 valence electrons. The lowest BCUT2D eigenvalue weighted by Crippen LogP contribution is -2.26. The van der Waals surface area contributed by atoms with Gasteiger partial charge in [0.25, 0.3) is 5.91 Å². The van der Waals surface area contributed by atoms with E-state index >= 15 is 0 Å². The molecular weight excluding hydrogens is 284 g/mol. The fraction of sp³-hybridized carbons (Fsp3) is 0.312. The summed E-state index contributed by atoms with van der Waals surface area (Å²) in [6.45, 7) is 0.932. The molecule has 0 heterocycles. The van der Waals surface area contributed by atoms with E-state index in [0.717, 1.165) is 0 Å². The molecule has 0 aliphatic carbocycles. The van der Waals surface area contributed by atoms with Crippen LogP contribution in [0.4, 0.5) is 0 Å². The Bertz CT molecular complexity index is 602. The summed E-state index contributed by atoms with van der Waals surface area (Å²) < 4.78 is 9.56. The van der Waals surface area contributed by atoms with E-state index < -0.39 is 11.9 Å². The first-order chi connectivity index (χ1) is 10.6. The highest BCUT2D eigenvalue weighted by Crippen LogP contribution is 2.14. The molecule has 0 fully saturated rings. The number of amides is 1. The van der Waals surface area contributed by atoms with Crippen molar-refractivity contribution >= 4 is 18.0 Å². The van der Waals surface area contributed by atoms with Crippen molar-refractivity contribution in [3.63, 3.8) is 0 Å². The highest BCUT2D eigenvalue weighted by Gasteiger charge is 2.13. The maximum absolute atomic E-state index is 11.9. The van der Waals surface area contributed by atoms with Crippen molar-refractivity contribution in [2.75, 3.05) is 27.4 Å². The van der Waals surface area contributed by atoms with Crippen molar-refractivity contribution in [3.8, 4) is 6.07 Å². The Morgan fingerprint density at radius 2 is 2.05 bits per heavy atom. The number of benzene rings is 1. The van der Waals surface area contributed by atoms with Gasteiger partial charge in [-0.05, 0) is 24.1 Å². The number of esters is 1. The fourth-order valence-electron chi connectivity index (χ4n) is 1.74. The summed E-state index contributed by atoms with van der Waals surface area (Å²) in [5.74, 6) is -1.01. The number of methoxy groups -OCH3 is 2. The zero-order valence-corrected chi connectivity index (χ0v) is 12.6. The van der Waals surface area contributed by atoms with Crippen LogP contribution in [0.15, 0.2) is 29.8 Å². The molecule has 0 aliphatic rings. The van der Waals surface area contributed by atoms with Crippen molar-refractivity contribution < 1.29 is 19.1 Å². The smallest absolute Gasteiger partial charge is 0.338 e.